The molecule has 3 heterocycles. The fraction of sp³-hybridized carbons (Fsp3) is 0.529. The van der Waals surface area contributed by atoms with E-state index in [1.54, 1.807) is 17.5 Å². The predicted octanol–water partition coefficient (Wildman–Crippen LogP) is 2.66. The fourth-order valence-electron chi connectivity index (χ4n) is 3.25. The summed E-state index contributed by atoms with van der Waals surface area (Å²) in [5.41, 5.74) is 2.43. The molecule has 6 nitrogen and oxygen atoms in total. The lowest BCUT2D eigenvalue weighted by molar-refractivity contribution is 0.176. The second-order valence-corrected chi connectivity index (χ2v) is 7.28. The van der Waals surface area contributed by atoms with Gasteiger partial charge in [-0.25, -0.2) is 4.79 Å². The van der Waals surface area contributed by atoms with Gasteiger partial charge in [0, 0.05) is 37.4 Å². The average molecular weight is 347 g/mol. The first kappa shape index (κ1) is 17.0. The number of H-pyrrole nitrogens is 1. The van der Waals surface area contributed by atoms with Crippen LogP contribution in [-0.2, 0) is 0 Å². The van der Waals surface area contributed by atoms with Crippen LogP contribution in [0.5, 0.6) is 0 Å². The molecule has 2 N–H and O–H groups in total. The molecule has 1 fully saturated rings. The van der Waals surface area contributed by atoms with E-state index >= 15 is 0 Å². The maximum Gasteiger partial charge on any atom is 0.317 e. The zero-order valence-electron chi connectivity index (χ0n) is 14.2. The van der Waals surface area contributed by atoms with Crippen LogP contribution in [-0.4, -0.2) is 59.8 Å². The summed E-state index contributed by atoms with van der Waals surface area (Å²) in [5.74, 6) is 0.483. The van der Waals surface area contributed by atoms with Gasteiger partial charge in [0.25, 0.3) is 0 Å². The minimum Gasteiger partial charge on any atom is -0.336 e. The number of likely N-dealkylation sites (N-methyl/N-ethyl adjacent to an activating group) is 1. The third kappa shape index (κ3) is 3.96. The molecular weight excluding hydrogens is 322 g/mol. The highest BCUT2D eigenvalue weighted by molar-refractivity contribution is 7.07. The average Bonchev–Trinajstić information content (AvgIpc) is 3.28. The van der Waals surface area contributed by atoms with Crippen LogP contribution >= 0.6 is 11.3 Å². The fourth-order valence-corrected chi connectivity index (χ4v) is 3.95. The molecule has 0 aliphatic carbocycles. The van der Waals surface area contributed by atoms with E-state index in [9.17, 15) is 4.79 Å². The summed E-state index contributed by atoms with van der Waals surface area (Å²) in [5, 5.41) is 14.4. The SMILES string of the molecule is CN(C)C(CNC(=O)N1CCC(c2ccn[nH]2)CC1)c1ccsc1. The third-order valence-corrected chi connectivity index (χ3v) is 5.44. The van der Waals surface area contributed by atoms with Crippen molar-refractivity contribution in [2.45, 2.75) is 24.8 Å². The Morgan fingerprint density at radius 3 is 2.83 bits per heavy atom. The van der Waals surface area contributed by atoms with E-state index in [0.717, 1.165) is 25.9 Å². The van der Waals surface area contributed by atoms with E-state index in [1.807, 2.05) is 25.1 Å². The summed E-state index contributed by atoms with van der Waals surface area (Å²) < 4.78 is 0. The van der Waals surface area contributed by atoms with Crippen LogP contribution in [0.25, 0.3) is 0 Å². The summed E-state index contributed by atoms with van der Waals surface area (Å²) >= 11 is 1.69. The zero-order valence-corrected chi connectivity index (χ0v) is 15.1. The minimum atomic E-state index is 0.0418. The normalized spacial score (nSPS) is 17.2. The maximum atomic E-state index is 12.5. The van der Waals surface area contributed by atoms with Crippen LogP contribution < -0.4 is 5.32 Å². The monoisotopic (exact) mass is 347 g/mol. The van der Waals surface area contributed by atoms with E-state index in [0.29, 0.717) is 12.5 Å². The molecule has 0 spiro atoms. The number of urea groups is 1. The molecule has 1 saturated heterocycles. The van der Waals surface area contributed by atoms with Crippen LogP contribution in [0.3, 0.4) is 0 Å². The second-order valence-electron chi connectivity index (χ2n) is 6.50. The van der Waals surface area contributed by atoms with Crippen LogP contribution in [0.4, 0.5) is 4.79 Å². The standard InChI is InChI=1S/C17H25N5OS/c1-21(2)16(14-6-10-24-12-14)11-18-17(23)22-8-4-13(5-9-22)15-3-7-19-20-15/h3,6-7,10,12-13,16H,4-5,8-9,11H2,1-2H3,(H,18,23)(H,19,20). The van der Waals surface area contributed by atoms with Gasteiger partial charge in [0.15, 0.2) is 0 Å². The molecule has 0 radical (unpaired) electrons. The van der Waals surface area contributed by atoms with Crippen molar-refractivity contribution in [3.05, 3.63) is 40.3 Å². The smallest absolute Gasteiger partial charge is 0.317 e. The van der Waals surface area contributed by atoms with Crippen molar-refractivity contribution in [2.75, 3.05) is 33.7 Å². The van der Waals surface area contributed by atoms with Crippen LogP contribution in [0.2, 0.25) is 0 Å². The van der Waals surface area contributed by atoms with Crippen LogP contribution in [0, 0.1) is 0 Å². The number of rotatable bonds is 5. The molecule has 0 bridgehead atoms. The number of nitrogens with zero attached hydrogens (tertiary/aromatic N) is 3. The molecule has 7 heteroatoms. The first-order valence-corrected chi connectivity index (χ1v) is 9.30. The molecule has 24 heavy (non-hydrogen) atoms. The van der Waals surface area contributed by atoms with Crippen molar-refractivity contribution in [1.82, 2.24) is 25.3 Å². The number of piperidine rings is 1. The molecule has 2 aromatic rings. The molecule has 2 aromatic heterocycles. The first-order valence-electron chi connectivity index (χ1n) is 8.35. The highest BCUT2D eigenvalue weighted by atomic mass is 32.1. The Bertz CT molecular complexity index is 617. The van der Waals surface area contributed by atoms with Crippen molar-refractivity contribution < 1.29 is 4.79 Å². The summed E-state index contributed by atoms with van der Waals surface area (Å²) in [6, 6.07) is 4.41. The quantitative estimate of drug-likeness (QED) is 0.874. The first-order chi connectivity index (χ1) is 11.6. The molecule has 0 saturated carbocycles. The summed E-state index contributed by atoms with van der Waals surface area (Å²) in [7, 11) is 4.09. The van der Waals surface area contributed by atoms with Gasteiger partial charge < -0.3 is 15.1 Å². The zero-order chi connectivity index (χ0) is 16.9. The number of aromatic amines is 1. The van der Waals surface area contributed by atoms with Crippen LogP contribution in [0.15, 0.2) is 29.1 Å². The number of hydrogen-bond acceptors (Lipinski definition) is 4. The number of thiophene rings is 1. The molecule has 3 rings (SSSR count). The number of carbonyl (C=O) groups excluding carboxylic acids is 1. The Hall–Kier alpha value is -1.86. The Balaban J connectivity index is 1.49. The lowest BCUT2D eigenvalue weighted by atomic mass is 9.94. The number of carbonyl (C=O) groups is 1. The topological polar surface area (TPSA) is 64.3 Å². The van der Waals surface area contributed by atoms with E-state index in [-0.39, 0.29) is 12.1 Å². The molecule has 130 valence electrons. The van der Waals surface area contributed by atoms with Gasteiger partial charge in [-0.2, -0.15) is 16.4 Å². The van der Waals surface area contributed by atoms with E-state index < -0.39 is 0 Å². The van der Waals surface area contributed by atoms with Gasteiger partial charge >= 0.3 is 6.03 Å². The second kappa shape index (κ2) is 7.81. The third-order valence-electron chi connectivity index (χ3n) is 4.74. The lowest BCUT2D eigenvalue weighted by Crippen LogP contribution is -2.46. The number of amides is 2. The van der Waals surface area contributed by atoms with Gasteiger partial charge in [0.05, 0.1) is 6.04 Å². The molecule has 0 aromatic carbocycles. The van der Waals surface area contributed by atoms with Crippen molar-refractivity contribution in [1.29, 1.82) is 0 Å². The van der Waals surface area contributed by atoms with Gasteiger partial charge in [-0.1, -0.05) is 0 Å². The maximum absolute atomic E-state index is 12.5. The highest BCUT2D eigenvalue weighted by Gasteiger charge is 2.25. The van der Waals surface area contributed by atoms with Crippen molar-refractivity contribution >= 4 is 17.4 Å². The number of hydrogen-bond donors (Lipinski definition) is 2. The van der Waals surface area contributed by atoms with Gasteiger partial charge in [-0.05, 0) is 55.4 Å². The van der Waals surface area contributed by atoms with Crippen molar-refractivity contribution in [3.63, 3.8) is 0 Å². The molecular formula is C17H25N5OS. The molecule has 1 atom stereocenters. The molecule has 1 unspecified atom stereocenters. The Kier molecular flexibility index (Phi) is 5.52. The summed E-state index contributed by atoms with van der Waals surface area (Å²) in [6.07, 6.45) is 3.76. The Labute approximate surface area is 146 Å². The van der Waals surface area contributed by atoms with Gasteiger partial charge in [-0.15, -0.1) is 0 Å². The van der Waals surface area contributed by atoms with Gasteiger partial charge in [-0.3, -0.25) is 5.10 Å². The summed E-state index contributed by atoms with van der Waals surface area (Å²) in [4.78, 5) is 16.5. The van der Waals surface area contributed by atoms with E-state index in [4.69, 9.17) is 0 Å². The number of likely N-dealkylation sites (tertiary alicyclic amines) is 1. The van der Waals surface area contributed by atoms with E-state index in [1.165, 1.54) is 11.3 Å². The van der Waals surface area contributed by atoms with Crippen molar-refractivity contribution in [3.8, 4) is 0 Å². The Morgan fingerprint density at radius 1 is 1.46 bits per heavy atom. The van der Waals surface area contributed by atoms with Crippen LogP contribution in [0.1, 0.15) is 36.1 Å². The number of nitrogens with one attached hydrogen (secondary N) is 2. The van der Waals surface area contributed by atoms with Crippen molar-refractivity contribution in [2.24, 2.45) is 0 Å². The number of aromatic nitrogens is 2. The predicted molar refractivity (Wildman–Crippen MR) is 96.3 cm³/mol. The molecule has 1 aliphatic rings. The molecule has 1 aliphatic heterocycles. The minimum absolute atomic E-state index is 0.0418. The largest absolute Gasteiger partial charge is 0.336 e. The highest BCUT2D eigenvalue weighted by Crippen LogP contribution is 2.26. The Morgan fingerprint density at radius 2 is 2.25 bits per heavy atom. The summed E-state index contributed by atoms with van der Waals surface area (Å²) in [6.45, 7) is 2.21. The lowest BCUT2D eigenvalue weighted by Gasteiger charge is -2.32. The van der Waals surface area contributed by atoms with Gasteiger partial charge in [0.1, 0.15) is 0 Å². The van der Waals surface area contributed by atoms with Gasteiger partial charge in [0.2, 0.25) is 0 Å². The van der Waals surface area contributed by atoms with E-state index in [2.05, 4.69) is 37.2 Å². The molecule has 2 amide bonds.